The molecular weight excluding hydrogens is 777 g/mol. The zero-order valence-corrected chi connectivity index (χ0v) is 35.7. The maximum atomic E-state index is 12.4. The lowest BCUT2D eigenvalue weighted by atomic mass is 10.0. The molecule has 0 aliphatic carbocycles. The molecule has 0 spiro atoms. The third kappa shape index (κ3) is 38.6. The molecule has 0 saturated heterocycles. The number of aliphatic carboxylic acids is 1. The van der Waals surface area contributed by atoms with E-state index in [-0.39, 0.29) is 103 Å². The number of hydrogen-bond donors (Lipinski definition) is 8. The third-order valence-electron chi connectivity index (χ3n) is 9.03. The van der Waals surface area contributed by atoms with Crippen LogP contribution in [0.15, 0.2) is 0 Å². The van der Waals surface area contributed by atoms with Gasteiger partial charge in [0.1, 0.15) is 13.2 Å². The molecule has 4 amide bonds. The summed E-state index contributed by atoms with van der Waals surface area (Å²) in [6, 6.07) is -1.64. The Kier molecular flexibility index (Phi) is 37.6. The Hall–Kier alpha value is -2.87. The second kappa shape index (κ2) is 39.6. The van der Waals surface area contributed by atoms with Crippen LogP contribution in [0.2, 0.25) is 0 Å². The van der Waals surface area contributed by atoms with Crippen molar-refractivity contribution in [3.63, 3.8) is 0 Å². The molecule has 7 N–H and O–H groups in total. The Bertz CT molecular complexity index is 1100. The van der Waals surface area contributed by atoms with Gasteiger partial charge < -0.3 is 55.5 Å². The van der Waals surface area contributed by atoms with Crippen LogP contribution in [0, 0.1) is 0 Å². The molecular formula is C40H74N4O13S. The summed E-state index contributed by atoms with van der Waals surface area (Å²) in [5.74, 6) is -2.05. The maximum absolute atomic E-state index is 12.4. The van der Waals surface area contributed by atoms with Gasteiger partial charge in [0.2, 0.25) is 28.7 Å². The van der Waals surface area contributed by atoms with Gasteiger partial charge in [-0.15, -0.1) is 12.6 Å². The molecule has 0 aliphatic heterocycles. The topological polar surface area (TPSA) is 248 Å². The first-order valence-corrected chi connectivity index (χ1v) is 21.6. The zero-order valence-electron chi connectivity index (χ0n) is 34.8. The van der Waals surface area contributed by atoms with E-state index in [1.807, 2.05) is 0 Å². The number of amides is 4. The van der Waals surface area contributed by atoms with Gasteiger partial charge in [-0.25, -0.2) is 0 Å². The van der Waals surface area contributed by atoms with Crippen molar-refractivity contribution >= 4 is 47.3 Å². The van der Waals surface area contributed by atoms with Gasteiger partial charge >= 0.3 is 5.97 Å². The number of hydrogen-bond acceptors (Lipinski definition) is 12. The van der Waals surface area contributed by atoms with Gasteiger partial charge in [-0.05, 0) is 26.2 Å². The van der Waals surface area contributed by atoms with Crippen molar-refractivity contribution in [1.29, 1.82) is 0 Å². The number of unbranched alkanes of at least 4 members (excludes halogenated alkanes) is 15. The van der Waals surface area contributed by atoms with E-state index in [2.05, 4.69) is 33.9 Å². The Balaban J connectivity index is 3.65. The van der Waals surface area contributed by atoms with E-state index >= 15 is 0 Å². The highest BCUT2D eigenvalue weighted by Crippen LogP contribution is 2.14. The van der Waals surface area contributed by atoms with E-state index in [0.29, 0.717) is 6.42 Å². The number of thiol groups is 1. The normalized spacial score (nSPS) is 12.2. The van der Waals surface area contributed by atoms with Gasteiger partial charge in [0.15, 0.2) is 6.29 Å². The number of rotatable bonds is 42. The summed E-state index contributed by atoms with van der Waals surface area (Å²) in [7, 11) is 0. The summed E-state index contributed by atoms with van der Waals surface area (Å²) in [5.41, 5.74) is 0. The lowest BCUT2D eigenvalue weighted by Gasteiger charge is -2.20. The Morgan fingerprint density at radius 2 is 0.914 bits per heavy atom. The van der Waals surface area contributed by atoms with E-state index < -0.39 is 35.4 Å². The second-order valence-corrected chi connectivity index (χ2v) is 14.8. The van der Waals surface area contributed by atoms with Crippen LogP contribution in [-0.4, -0.2) is 134 Å². The molecule has 58 heavy (non-hydrogen) atoms. The molecule has 0 aromatic heterocycles. The van der Waals surface area contributed by atoms with Crippen molar-refractivity contribution in [1.82, 2.24) is 21.3 Å². The largest absolute Gasteiger partial charge is 0.481 e. The first-order chi connectivity index (χ1) is 27.9. The monoisotopic (exact) mass is 850 g/mol. The lowest BCUT2D eigenvalue weighted by molar-refractivity contribution is -0.137. The van der Waals surface area contributed by atoms with E-state index in [0.717, 1.165) is 44.9 Å². The quantitative estimate of drug-likeness (QED) is 0.0251. The predicted octanol–water partition coefficient (Wildman–Crippen LogP) is 2.93. The molecule has 0 fully saturated rings. The van der Waals surface area contributed by atoms with Crippen LogP contribution < -0.4 is 21.3 Å². The van der Waals surface area contributed by atoms with Gasteiger partial charge in [0.05, 0.1) is 51.7 Å². The minimum Gasteiger partial charge on any atom is -0.481 e. The third-order valence-corrected chi connectivity index (χ3v) is 9.42. The highest BCUT2D eigenvalue weighted by Gasteiger charge is 2.20. The SMILES string of the molecule is C[C@H](NC(=O)COCCOCCNC(=O)COCCOCCNC(=O)CC[C@H](NC(=O)CCCCCCCCCCCCCCCCCCC(=O)O)C(O)O)C(=O)S. The standard InChI is InChI=1S/C40H74N4O13S/c1-32(40(53)58)43-37(48)31-57-29-27-55-25-23-42-36(47)30-56-28-26-54-24-22-41-34(45)21-20-33(39(51)52)44-35(46)18-16-14-12-10-8-6-4-2-3-5-7-9-11-13-15-17-19-38(49)50/h32-33,39,51-52H,2-31H2,1H3,(H,41,45)(H,42,47)(H,43,48)(H,44,46)(H,49,50)(H,53,58)/t32-,33-/m0/s1. The van der Waals surface area contributed by atoms with Crippen molar-refractivity contribution < 1.29 is 63.0 Å². The van der Waals surface area contributed by atoms with Crippen LogP contribution in [-0.2, 0) is 47.7 Å². The molecule has 0 aromatic carbocycles. The molecule has 0 saturated carbocycles. The Morgan fingerprint density at radius 3 is 1.36 bits per heavy atom. The predicted molar refractivity (Wildman–Crippen MR) is 221 cm³/mol. The van der Waals surface area contributed by atoms with Gasteiger partial charge in [-0.3, -0.25) is 28.8 Å². The van der Waals surface area contributed by atoms with Crippen molar-refractivity contribution in [2.45, 2.75) is 154 Å². The van der Waals surface area contributed by atoms with Crippen LogP contribution in [0.25, 0.3) is 0 Å². The van der Waals surface area contributed by atoms with E-state index in [1.54, 1.807) is 0 Å². The first kappa shape index (κ1) is 55.1. The van der Waals surface area contributed by atoms with Crippen molar-refractivity contribution in [3.05, 3.63) is 0 Å². The lowest BCUT2D eigenvalue weighted by Crippen LogP contribution is -2.44. The summed E-state index contributed by atoms with van der Waals surface area (Å²) >= 11 is 3.64. The number of carbonyl (C=O) groups is 6. The molecule has 0 bridgehead atoms. The molecule has 0 aliphatic rings. The van der Waals surface area contributed by atoms with Crippen LogP contribution >= 0.6 is 12.6 Å². The summed E-state index contributed by atoms with van der Waals surface area (Å²) < 4.78 is 21.1. The van der Waals surface area contributed by atoms with Gasteiger partial charge in [-0.1, -0.05) is 89.9 Å². The van der Waals surface area contributed by atoms with Crippen molar-refractivity contribution in [2.75, 3.05) is 65.9 Å². The van der Waals surface area contributed by atoms with Crippen LogP contribution in [0.1, 0.15) is 135 Å². The number of ether oxygens (including phenoxy) is 4. The summed E-state index contributed by atoms with van der Waals surface area (Å²) in [6.45, 7) is 2.85. The molecule has 18 heteroatoms. The fourth-order valence-electron chi connectivity index (χ4n) is 5.68. The highest BCUT2D eigenvalue weighted by molar-refractivity contribution is 7.96. The van der Waals surface area contributed by atoms with Crippen molar-refractivity contribution in [2.24, 2.45) is 0 Å². The van der Waals surface area contributed by atoms with Gasteiger partial charge in [0, 0.05) is 32.4 Å². The summed E-state index contributed by atoms with van der Waals surface area (Å²) in [6.07, 6.45) is 16.9. The van der Waals surface area contributed by atoms with Crippen LogP contribution in [0.3, 0.4) is 0 Å². The smallest absolute Gasteiger partial charge is 0.303 e. The maximum Gasteiger partial charge on any atom is 0.303 e. The van der Waals surface area contributed by atoms with E-state index in [1.165, 1.54) is 64.7 Å². The van der Waals surface area contributed by atoms with Gasteiger partial charge in [-0.2, -0.15) is 0 Å². The molecule has 0 radical (unpaired) electrons. The highest BCUT2D eigenvalue weighted by atomic mass is 32.1. The second-order valence-electron chi connectivity index (χ2n) is 14.3. The number of carbonyl (C=O) groups excluding carboxylic acids is 5. The van der Waals surface area contributed by atoms with E-state index in [9.17, 15) is 39.0 Å². The zero-order chi connectivity index (χ0) is 43.1. The fraction of sp³-hybridized carbons (Fsp3) is 0.850. The number of carboxylic acids is 1. The van der Waals surface area contributed by atoms with Gasteiger partial charge in [0.25, 0.3) is 0 Å². The molecule has 0 unspecified atom stereocenters. The average Bonchev–Trinajstić information content (AvgIpc) is 3.17. The summed E-state index contributed by atoms with van der Waals surface area (Å²) in [5, 5.41) is 38.0. The molecule has 0 aromatic rings. The Labute approximate surface area is 350 Å². The van der Waals surface area contributed by atoms with Crippen molar-refractivity contribution in [3.8, 4) is 0 Å². The number of aliphatic hydroxyl groups is 2. The molecule has 2 atom stereocenters. The molecule has 0 heterocycles. The number of nitrogens with one attached hydrogen (secondary N) is 4. The minimum absolute atomic E-state index is 0.00362. The Morgan fingerprint density at radius 1 is 0.500 bits per heavy atom. The summed E-state index contributed by atoms with van der Waals surface area (Å²) in [4.78, 5) is 69.5. The number of aliphatic hydroxyl groups excluding tert-OH is 1. The first-order valence-electron chi connectivity index (χ1n) is 21.2. The average molecular weight is 851 g/mol. The molecule has 0 rings (SSSR count). The van der Waals surface area contributed by atoms with Crippen LogP contribution in [0.5, 0.6) is 0 Å². The number of carboxylic acid groups (broad SMARTS) is 1. The molecule has 17 nitrogen and oxygen atoms in total. The molecule has 338 valence electrons. The minimum atomic E-state index is -1.78. The fourth-order valence-corrected chi connectivity index (χ4v) is 5.74. The van der Waals surface area contributed by atoms with E-state index in [4.69, 9.17) is 24.1 Å². The van der Waals surface area contributed by atoms with Crippen LogP contribution in [0.4, 0.5) is 0 Å².